The second-order valence-corrected chi connectivity index (χ2v) is 21.6. The van der Waals surface area contributed by atoms with Crippen LogP contribution in [0.25, 0.3) is 11.1 Å². The van der Waals surface area contributed by atoms with Gasteiger partial charge in [0.1, 0.15) is 37.9 Å². The Labute approximate surface area is 310 Å². The predicted molar refractivity (Wildman–Crippen MR) is 197 cm³/mol. The van der Waals surface area contributed by atoms with Crippen LogP contribution in [0.3, 0.4) is 0 Å². The Morgan fingerprint density at radius 1 is 0.698 bits per heavy atom. The Balaban J connectivity index is 2.49. The van der Waals surface area contributed by atoms with Crippen LogP contribution in [0.15, 0.2) is 92.5 Å². The van der Waals surface area contributed by atoms with Crippen molar-refractivity contribution in [1.29, 1.82) is 0 Å². The van der Waals surface area contributed by atoms with E-state index in [9.17, 15) is 60.3 Å². The van der Waals surface area contributed by atoms with Crippen LogP contribution in [0.4, 0.5) is 0 Å². The molecule has 0 saturated carbocycles. The van der Waals surface area contributed by atoms with Gasteiger partial charge in [-0.1, -0.05) is 58.2 Å². The molecular formula is C32H42O16S5. The van der Waals surface area contributed by atoms with Gasteiger partial charge in [-0.3, -0.25) is 18.2 Å². The maximum absolute atomic E-state index is 13.2. The molecule has 0 saturated heterocycles. The summed E-state index contributed by atoms with van der Waals surface area (Å²) >= 11 is 0. The molecule has 0 aliphatic carbocycles. The van der Waals surface area contributed by atoms with Crippen molar-refractivity contribution in [3.8, 4) is 22.6 Å². The number of benzene rings is 2. The molecule has 0 radical (unpaired) electrons. The lowest BCUT2D eigenvalue weighted by Gasteiger charge is -2.23. The van der Waals surface area contributed by atoms with Crippen molar-refractivity contribution in [1.82, 2.24) is 0 Å². The summed E-state index contributed by atoms with van der Waals surface area (Å²) < 4.78 is 173. The molecular weight excluding hydrogens is 801 g/mol. The number of rotatable bonds is 16. The van der Waals surface area contributed by atoms with Crippen molar-refractivity contribution in [2.24, 2.45) is 5.41 Å². The highest BCUT2D eigenvalue weighted by molar-refractivity contribution is 7.99. The van der Waals surface area contributed by atoms with Gasteiger partial charge in [-0.15, -0.1) is 0 Å². The lowest BCUT2D eigenvalue weighted by atomic mass is 9.85. The monoisotopic (exact) mass is 842 g/mol. The smallest absolute Gasteiger partial charge is 0.298 e. The van der Waals surface area contributed by atoms with Crippen LogP contribution in [0.5, 0.6) is 11.5 Å². The van der Waals surface area contributed by atoms with Crippen LogP contribution in [0, 0.1) is 5.41 Å². The summed E-state index contributed by atoms with van der Waals surface area (Å²) in [6.07, 6.45) is -1.66. The SMILES string of the molecule is C=C(Oc1ccc(-c2ccc(OC(C)(C)C)c(S(=O)(=O)O)c2)cc1S(=O)(=O)O)C(CC(=C)S(=O)(=O)C(=C)CC/C(=C/S(=O)(=O)O)C(C)(C)C)S(=O)(=O)O. The van der Waals surface area contributed by atoms with Crippen molar-refractivity contribution in [3.05, 3.63) is 82.7 Å². The molecule has 0 amide bonds. The lowest BCUT2D eigenvalue weighted by Crippen LogP contribution is -2.27. The number of allylic oxidation sites excluding steroid dienone is 3. The Hall–Kier alpha value is -3.41. The fourth-order valence-electron chi connectivity index (χ4n) is 4.59. The maximum Gasteiger partial charge on any atom is 0.298 e. The molecule has 0 aliphatic heterocycles. The number of sulfone groups is 1. The Morgan fingerprint density at radius 2 is 1.15 bits per heavy atom. The second-order valence-electron chi connectivity index (χ2n) is 13.8. The van der Waals surface area contributed by atoms with Crippen LogP contribution in [0.2, 0.25) is 0 Å². The van der Waals surface area contributed by atoms with Crippen molar-refractivity contribution >= 4 is 50.3 Å². The maximum atomic E-state index is 13.2. The fraction of sp³-hybridized carbons (Fsp3) is 0.375. The van der Waals surface area contributed by atoms with Gasteiger partial charge in [0.15, 0.2) is 9.84 Å². The molecule has 16 nitrogen and oxygen atoms in total. The molecule has 2 aromatic carbocycles. The van der Waals surface area contributed by atoms with E-state index in [0.717, 1.165) is 18.2 Å². The van der Waals surface area contributed by atoms with Crippen molar-refractivity contribution in [2.45, 2.75) is 81.4 Å². The average molecular weight is 843 g/mol. The zero-order valence-corrected chi connectivity index (χ0v) is 33.7. The molecule has 53 heavy (non-hydrogen) atoms. The van der Waals surface area contributed by atoms with E-state index in [4.69, 9.17) is 9.47 Å². The quantitative estimate of drug-likeness (QED) is 0.118. The zero-order chi connectivity index (χ0) is 41.3. The highest BCUT2D eigenvalue weighted by atomic mass is 32.2. The summed E-state index contributed by atoms with van der Waals surface area (Å²) in [6.45, 7) is 20.0. The van der Waals surface area contributed by atoms with Crippen LogP contribution in [-0.4, -0.2) is 71.2 Å². The van der Waals surface area contributed by atoms with E-state index in [1.54, 1.807) is 41.5 Å². The van der Waals surface area contributed by atoms with E-state index in [2.05, 4.69) is 19.7 Å². The molecule has 2 rings (SSSR count). The molecule has 296 valence electrons. The van der Waals surface area contributed by atoms with Gasteiger partial charge >= 0.3 is 0 Å². The average Bonchev–Trinajstić information content (AvgIpc) is 2.94. The minimum absolute atomic E-state index is 0.00908. The van der Waals surface area contributed by atoms with Crippen molar-refractivity contribution in [2.75, 3.05) is 0 Å². The van der Waals surface area contributed by atoms with E-state index in [1.165, 1.54) is 18.2 Å². The largest absolute Gasteiger partial charge is 0.487 e. The molecule has 0 heterocycles. The molecule has 0 fully saturated rings. The normalized spacial score (nSPS) is 14.3. The first-order chi connectivity index (χ1) is 23.5. The molecule has 2 aromatic rings. The molecule has 21 heteroatoms. The summed E-state index contributed by atoms with van der Waals surface area (Å²) in [5.41, 5.74) is -1.60. The van der Waals surface area contributed by atoms with Gasteiger partial charge < -0.3 is 9.47 Å². The highest BCUT2D eigenvalue weighted by Gasteiger charge is 2.34. The first-order valence-corrected chi connectivity index (χ1v) is 22.5. The zero-order valence-electron chi connectivity index (χ0n) is 29.6. The third kappa shape index (κ3) is 13.1. The van der Waals surface area contributed by atoms with E-state index in [-0.39, 0.29) is 35.3 Å². The first-order valence-electron chi connectivity index (χ1n) is 15.1. The molecule has 0 aromatic heterocycles. The molecule has 1 atom stereocenters. The Morgan fingerprint density at radius 3 is 1.55 bits per heavy atom. The van der Waals surface area contributed by atoms with Gasteiger partial charge in [0.25, 0.3) is 40.5 Å². The predicted octanol–water partition coefficient (Wildman–Crippen LogP) is 5.60. The van der Waals surface area contributed by atoms with Gasteiger partial charge in [0.2, 0.25) is 0 Å². The first kappa shape index (κ1) is 45.7. The summed E-state index contributed by atoms with van der Waals surface area (Å²) in [7, 11) is -24.5. The fourth-order valence-corrected chi connectivity index (χ4v) is 8.76. The molecule has 0 aliphatic rings. The third-order valence-electron chi connectivity index (χ3n) is 7.25. The summed E-state index contributed by atoms with van der Waals surface area (Å²) in [5.74, 6) is -1.87. The summed E-state index contributed by atoms with van der Waals surface area (Å²) in [4.78, 5) is -2.97. The summed E-state index contributed by atoms with van der Waals surface area (Å²) in [5, 5.41) is -1.69. The Bertz CT molecular complexity index is 2390. The minimum atomic E-state index is -5.25. The number of hydrogen-bond donors (Lipinski definition) is 4. The lowest BCUT2D eigenvalue weighted by molar-refractivity contribution is 0.126. The molecule has 0 bridgehead atoms. The molecule has 0 spiro atoms. The van der Waals surface area contributed by atoms with Crippen molar-refractivity contribution in [3.63, 3.8) is 0 Å². The van der Waals surface area contributed by atoms with Crippen LogP contribution in [0.1, 0.15) is 60.8 Å². The summed E-state index contributed by atoms with van der Waals surface area (Å²) in [6, 6.07) is 6.42. The topological polar surface area (TPSA) is 270 Å². The number of hydrogen-bond acceptors (Lipinski definition) is 12. The van der Waals surface area contributed by atoms with Crippen molar-refractivity contribution < 1.29 is 69.8 Å². The van der Waals surface area contributed by atoms with E-state index < -0.39 is 104 Å². The van der Waals surface area contributed by atoms with Gasteiger partial charge in [-0.25, -0.2) is 8.42 Å². The highest BCUT2D eigenvalue weighted by Crippen LogP contribution is 2.37. The Kier molecular flexibility index (Phi) is 13.6. The van der Waals surface area contributed by atoms with E-state index in [1.807, 2.05) is 0 Å². The van der Waals surface area contributed by atoms with Crippen LogP contribution < -0.4 is 9.47 Å². The minimum Gasteiger partial charge on any atom is -0.487 e. The standard InChI is InChI=1S/C32H42O16S5/c1-20(10-13-25(31(4,5)6)19-49(33,34)35)50(36,37)21(2)16-28(51(38,39)40)22(3)47-26-14-11-23(17-29(26)52(41,42)43)24-12-15-27(48-32(7,8)9)30(18-24)53(44,45)46/h11-12,14-15,17-19,28H,1-3,10,13,16H2,4-9H3,(H,33,34,35)(H,38,39,40)(H,41,42,43)(H,44,45,46)/b25-19-. The number of ether oxygens (including phenoxy) is 2. The van der Waals surface area contributed by atoms with Crippen LogP contribution >= 0.6 is 0 Å². The van der Waals surface area contributed by atoms with Gasteiger partial charge in [-0.2, -0.15) is 33.7 Å². The van der Waals surface area contributed by atoms with Gasteiger partial charge in [0, 0.05) is 16.2 Å². The molecule has 4 N–H and O–H groups in total. The second kappa shape index (κ2) is 15.7. The van der Waals surface area contributed by atoms with Crippen LogP contribution in [-0.2, 0) is 50.3 Å². The van der Waals surface area contributed by atoms with E-state index in [0.29, 0.717) is 5.41 Å². The molecule has 1 unspecified atom stereocenters. The van der Waals surface area contributed by atoms with E-state index >= 15 is 0 Å². The van der Waals surface area contributed by atoms with Gasteiger partial charge in [-0.05, 0) is 74.4 Å². The van der Waals surface area contributed by atoms with Gasteiger partial charge in [0.05, 0.1) is 5.41 Å². The third-order valence-corrected chi connectivity index (χ3v) is 12.6.